The van der Waals surface area contributed by atoms with Crippen LogP contribution < -0.4 is 10.6 Å². The van der Waals surface area contributed by atoms with Crippen molar-refractivity contribution in [2.45, 2.75) is 32.9 Å². The third kappa shape index (κ3) is 4.32. The van der Waals surface area contributed by atoms with Gasteiger partial charge in [0.2, 0.25) is 5.78 Å². The maximum Gasteiger partial charge on any atom is 0.411 e. The molecule has 2 aromatic heterocycles. The third-order valence-corrected chi connectivity index (χ3v) is 4.19. The smallest absolute Gasteiger partial charge is 0.411 e. The summed E-state index contributed by atoms with van der Waals surface area (Å²) < 4.78 is 26.6. The fourth-order valence-corrected chi connectivity index (χ4v) is 2.91. The van der Waals surface area contributed by atoms with E-state index in [0.717, 1.165) is 0 Å². The number of hydrogen-bond acceptors (Lipinski definition) is 7. The Morgan fingerprint density at radius 1 is 1.33 bits per heavy atom. The van der Waals surface area contributed by atoms with Crippen molar-refractivity contribution in [3.8, 4) is 11.3 Å². The third-order valence-electron chi connectivity index (χ3n) is 4.19. The normalized spacial score (nSPS) is 15.8. The molecule has 1 aliphatic rings. The largest absolute Gasteiger partial charge is 0.463 e. The SMILES string of the molecule is CC1COC(Nc2ccc(F)c(-c3cn4cc(NC(=O)OC(C)C)cnc4n3)c2)=N1. The van der Waals surface area contributed by atoms with E-state index in [-0.39, 0.29) is 12.1 Å². The zero-order valence-corrected chi connectivity index (χ0v) is 16.7. The van der Waals surface area contributed by atoms with Gasteiger partial charge < -0.3 is 14.8 Å². The van der Waals surface area contributed by atoms with E-state index in [1.807, 2.05) is 6.92 Å². The number of ether oxygens (including phenoxy) is 2. The number of amidine groups is 1. The second-order valence-corrected chi connectivity index (χ2v) is 7.17. The van der Waals surface area contributed by atoms with Crippen molar-refractivity contribution in [1.82, 2.24) is 14.4 Å². The predicted molar refractivity (Wildman–Crippen MR) is 110 cm³/mol. The molecule has 3 aromatic rings. The van der Waals surface area contributed by atoms with E-state index >= 15 is 0 Å². The topological polar surface area (TPSA) is 102 Å². The first-order valence-electron chi connectivity index (χ1n) is 9.47. The van der Waals surface area contributed by atoms with E-state index in [1.165, 1.54) is 12.3 Å². The number of benzene rings is 1. The average Bonchev–Trinajstić information content (AvgIpc) is 3.28. The van der Waals surface area contributed by atoms with Crippen molar-refractivity contribution in [2.75, 3.05) is 17.2 Å². The number of rotatable bonds is 4. The zero-order chi connectivity index (χ0) is 21.3. The fraction of sp³-hybridized carbons (Fsp3) is 0.300. The van der Waals surface area contributed by atoms with E-state index in [4.69, 9.17) is 9.47 Å². The Balaban J connectivity index is 1.59. The Bertz CT molecular complexity index is 1130. The Labute approximate surface area is 172 Å². The van der Waals surface area contributed by atoms with Gasteiger partial charge in [0, 0.05) is 23.6 Å². The van der Waals surface area contributed by atoms with Gasteiger partial charge in [-0.15, -0.1) is 0 Å². The fourth-order valence-electron chi connectivity index (χ4n) is 2.91. The van der Waals surface area contributed by atoms with Gasteiger partial charge in [-0.05, 0) is 39.0 Å². The van der Waals surface area contributed by atoms with Gasteiger partial charge in [0.05, 0.1) is 29.7 Å². The van der Waals surface area contributed by atoms with E-state index in [2.05, 4.69) is 25.6 Å². The quantitative estimate of drug-likeness (QED) is 0.678. The van der Waals surface area contributed by atoms with Gasteiger partial charge in [-0.3, -0.25) is 9.72 Å². The van der Waals surface area contributed by atoms with E-state index < -0.39 is 11.9 Å². The molecule has 2 N–H and O–H groups in total. The lowest BCUT2D eigenvalue weighted by Gasteiger charge is -2.09. The molecule has 1 unspecified atom stereocenters. The first-order valence-corrected chi connectivity index (χ1v) is 9.47. The number of hydrogen-bond donors (Lipinski definition) is 2. The summed E-state index contributed by atoms with van der Waals surface area (Å²) in [6.45, 7) is 5.97. The van der Waals surface area contributed by atoms with Crippen LogP contribution in [0.3, 0.4) is 0 Å². The number of amides is 1. The minimum absolute atomic E-state index is 0.0811. The number of carbonyl (C=O) groups is 1. The summed E-state index contributed by atoms with van der Waals surface area (Å²) in [6, 6.07) is 5.07. The number of imidazole rings is 1. The maximum absolute atomic E-state index is 14.5. The zero-order valence-electron chi connectivity index (χ0n) is 16.7. The second-order valence-electron chi connectivity index (χ2n) is 7.17. The Hall–Kier alpha value is -3.69. The first-order chi connectivity index (χ1) is 14.4. The summed E-state index contributed by atoms with van der Waals surface area (Å²) >= 11 is 0. The molecule has 9 nitrogen and oxygen atoms in total. The summed E-state index contributed by atoms with van der Waals surface area (Å²) in [7, 11) is 0. The number of fused-ring (bicyclic) bond motifs is 1. The van der Waals surface area contributed by atoms with E-state index in [0.29, 0.717) is 41.0 Å². The van der Waals surface area contributed by atoms with Gasteiger partial charge >= 0.3 is 6.09 Å². The minimum Gasteiger partial charge on any atom is -0.463 e. The van der Waals surface area contributed by atoms with Crippen LogP contribution in [-0.4, -0.2) is 45.2 Å². The Morgan fingerprint density at radius 3 is 2.90 bits per heavy atom. The highest BCUT2D eigenvalue weighted by Gasteiger charge is 2.16. The summed E-state index contributed by atoms with van der Waals surface area (Å²) in [5, 5.41) is 5.63. The van der Waals surface area contributed by atoms with Crippen molar-refractivity contribution < 1.29 is 18.7 Å². The van der Waals surface area contributed by atoms with Gasteiger partial charge in [-0.25, -0.2) is 24.1 Å². The van der Waals surface area contributed by atoms with Crippen molar-refractivity contribution in [3.05, 3.63) is 42.6 Å². The van der Waals surface area contributed by atoms with Crippen LogP contribution in [0.4, 0.5) is 20.6 Å². The number of aromatic nitrogens is 3. The highest BCUT2D eigenvalue weighted by atomic mass is 19.1. The molecule has 4 rings (SSSR count). The van der Waals surface area contributed by atoms with Crippen molar-refractivity contribution in [1.29, 1.82) is 0 Å². The number of nitrogens with zero attached hydrogens (tertiary/aromatic N) is 4. The summed E-state index contributed by atoms with van der Waals surface area (Å²) in [4.78, 5) is 24.7. The average molecular weight is 412 g/mol. The van der Waals surface area contributed by atoms with Crippen LogP contribution in [0, 0.1) is 5.82 Å². The summed E-state index contributed by atoms with van der Waals surface area (Å²) in [6.07, 6.45) is 3.90. The van der Waals surface area contributed by atoms with Crippen molar-refractivity contribution in [2.24, 2.45) is 4.99 Å². The van der Waals surface area contributed by atoms with Crippen LogP contribution in [0.25, 0.3) is 17.0 Å². The van der Waals surface area contributed by atoms with Gasteiger partial charge in [-0.2, -0.15) is 0 Å². The minimum atomic E-state index is -0.581. The number of aliphatic imine (C=N–C) groups is 1. The molecule has 30 heavy (non-hydrogen) atoms. The molecular weight excluding hydrogens is 391 g/mol. The molecular formula is C20H21FN6O3. The Morgan fingerprint density at radius 2 is 2.17 bits per heavy atom. The summed E-state index contributed by atoms with van der Waals surface area (Å²) in [5.74, 6) is -0.0617. The molecule has 1 atom stereocenters. The number of nitrogens with one attached hydrogen (secondary N) is 2. The van der Waals surface area contributed by atoms with Crippen molar-refractivity contribution in [3.63, 3.8) is 0 Å². The lowest BCUT2D eigenvalue weighted by atomic mass is 10.1. The van der Waals surface area contributed by atoms with E-state index in [1.54, 1.807) is 42.8 Å². The molecule has 1 aliphatic heterocycles. The first kappa shape index (κ1) is 19.6. The highest BCUT2D eigenvalue weighted by molar-refractivity contribution is 5.91. The van der Waals surface area contributed by atoms with Crippen LogP contribution in [0.1, 0.15) is 20.8 Å². The molecule has 1 amide bonds. The van der Waals surface area contributed by atoms with Gasteiger partial charge in [-0.1, -0.05) is 0 Å². The number of halogens is 1. The lowest BCUT2D eigenvalue weighted by molar-refractivity contribution is 0.130. The van der Waals surface area contributed by atoms with E-state index in [9.17, 15) is 9.18 Å². The van der Waals surface area contributed by atoms with Gasteiger partial charge in [0.1, 0.15) is 12.4 Å². The molecule has 0 spiro atoms. The lowest BCUT2D eigenvalue weighted by Crippen LogP contribution is -2.18. The summed E-state index contributed by atoms with van der Waals surface area (Å²) in [5.41, 5.74) is 1.75. The van der Waals surface area contributed by atoms with Crippen molar-refractivity contribution >= 4 is 29.3 Å². The molecule has 0 aliphatic carbocycles. The predicted octanol–water partition coefficient (Wildman–Crippen LogP) is 3.68. The molecule has 0 bridgehead atoms. The molecule has 156 valence electrons. The number of anilines is 2. The van der Waals surface area contributed by atoms with Gasteiger partial charge in [0.15, 0.2) is 0 Å². The molecule has 0 radical (unpaired) electrons. The molecule has 0 fully saturated rings. The van der Waals surface area contributed by atoms with Crippen LogP contribution in [-0.2, 0) is 9.47 Å². The highest BCUT2D eigenvalue weighted by Crippen LogP contribution is 2.26. The molecule has 0 saturated heterocycles. The van der Waals surface area contributed by atoms with Gasteiger partial charge in [0.25, 0.3) is 6.02 Å². The molecule has 1 aromatic carbocycles. The molecule has 3 heterocycles. The van der Waals surface area contributed by atoms with Crippen LogP contribution >= 0.6 is 0 Å². The maximum atomic E-state index is 14.5. The monoisotopic (exact) mass is 412 g/mol. The second kappa shape index (κ2) is 7.97. The molecule has 0 saturated carbocycles. The van der Waals surface area contributed by atoms with Crippen LogP contribution in [0.15, 0.2) is 41.8 Å². The number of carbonyl (C=O) groups excluding carboxylic acids is 1. The Kier molecular flexibility index (Phi) is 5.21. The molecule has 10 heteroatoms. The standard InChI is InChI=1S/C20H21FN6O3/c1-11(2)30-20(28)25-14-7-22-18-26-17(9-27(18)8-14)15-6-13(4-5-16(15)21)24-19-23-12(3)10-29-19/h4-9,11-12H,10H2,1-3H3,(H,23,24)(H,25,28). The van der Waals surface area contributed by atoms with Crippen LogP contribution in [0.5, 0.6) is 0 Å². The van der Waals surface area contributed by atoms with Crippen LogP contribution in [0.2, 0.25) is 0 Å².